The number of aromatic nitrogens is 7. The molecule has 21 heavy (non-hydrogen) atoms. The van der Waals surface area contributed by atoms with Crippen molar-refractivity contribution in [3.63, 3.8) is 0 Å². The van der Waals surface area contributed by atoms with Crippen molar-refractivity contribution >= 4 is 0 Å². The van der Waals surface area contributed by atoms with Crippen LogP contribution in [0.5, 0.6) is 0 Å². The largest absolute Gasteiger partial charge is 0.314 e. The van der Waals surface area contributed by atoms with E-state index in [2.05, 4.69) is 31.0 Å². The van der Waals surface area contributed by atoms with E-state index in [0.29, 0.717) is 25.5 Å². The molecule has 2 aromatic heterocycles. The molecule has 0 amide bonds. The summed E-state index contributed by atoms with van der Waals surface area (Å²) in [5.74, 6) is 0.630. The molecule has 0 aliphatic rings. The normalized spacial score (nSPS) is 10.9. The van der Waals surface area contributed by atoms with Crippen LogP contribution in [0.1, 0.15) is 5.69 Å². The van der Waals surface area contributed by atoms with Gasteiger partial charge in [-0.1, -0.05) is 35.5 Å². The number of hydrogen-bond donors (Lipinski definition) is 1. The van der Waals surface area contributed by atoms with Crippen LogP contribution in [-0.2, 0) is 19.6 Å². The number of benzene rings is 1. The molecule has 8 nitrogen and oxygen atoms in total. The number of nitrogens with one attached hydrogen (secondary N) is 1. The van der Waals surface area contributed by atoms with Crippen LogP contribution < -0.4 is 5.32 Å². The highest BCUT2D eigenvalue weighted by Crippen LogP contribution is 2.11. The summed E-state index contributed by atoms with van der Waals surface area (Å²) < 4.78 is 1.78. The zero-order valence-corrected chi connectivity index (χ0v) is 11.7. The molecule has 0 fully saturated rings. The van der Waals surface area contributed by atoms with Crippen molar-refractivity contribution in [2.75, 3.05) is 7.05 Å². The smallest absolute Gasteiger partial charge is 0.204 e. The highest BCUT2D eigenvalue weighted by atomic mass is 15.6. The topological polar surface area (TPSA) is 86.3 Å². The van der Waals surface area contributed by atoms with E-state index >= 15 is 0 Å². The fourth-order valence-corrected chi connectivity index (χ4v) is 1.94. The lowest BCUT2D eigenvalue weighted by atomic mass is 10.2. The summed E-state index contributed by atoms with van der Waals surface area (Å²) in [5.41, 5.74) is 1.87. The van der Waals surface area contributed by atoms with Gasteiger partial charge in [-0.05, 0) is 12.3 Å². The maximum atomic E-state index is 4.36. The third-order valence-electron chi connectivity index (χ3n) is 2.96. The van der Waals surface area contributed by atoms with Gasteiger partial charge >= 0.3 is 0 Å². The van der Waals surface area contributed by atoms with E-state index < -0.39 is 0 Å². The summed E-state index contributed by atoms with van der Waals surface area (Å²) in [6.45, 7) is 1.96. The van der Waals surface area contributed by atoms with Crippen molar-refractivity contribution in [2.24, 2.45) is 0 Å². The van der Waals surface area contributed by atoms with E-state index in [9.17, 15) is 0 Å². The number of rotatable bonds is 6. The molecule has 3 rings (SSSR count). The minimum atomic E-state index is 0.599. The molecule has 3 aromatic rings. The first-order valence-electron chi connectivity index (χ1n) is 6.72. The third kappa shape index (κ3) is 3.29. The Kier molecular flexibility index (Phi) is 3.97. The average molecular weight is 284 g/mol. The van der Waals surface area contributed by atoms with Gasteiger partial charge in [0.2, 0.25) is 5.82 Å². The molecule has 0 radical (unpaired) electrons. The summed E-state index contributed by atoms with van der Waals surface area (Å²) in [6.07, 6.45) is 1.91. The predicted molar refractivity (Wildman–Crippen MR) is 76.0 cm³/mol. The lowest BCUT2D eigenvalue weighted by Gasteiger charge is -1.98. The molecule has 1 N–H and O–H groups in total. The maximum Gasteiger partial charge on any atom is 0.204 e. The Balaban J connectivity index is 1.62. The van der Waals surface area contributed by atoms with E-state index in [0.717, 1.165) is 11.3 Å². The molecule has 8 heteroatoms. The second-order valence-electron chi connectivity index (χ2n) is 4.58. The van der Waals surface area contributed by atoms with Crippen LogP contribution in [0.3, 0.4) is 0 Å². The van der Waals surface area contributed by atoms with E-state index in [1.165, 1.54) is 0 Å². The van der Waals surface area contributed by atoms with Crippen molar-refractivity contribution in [3.8, 4) is 11.4 Å². The minimum Gasteiger partial charge on any atom is -0.314 e. The molecule has 0 aliphatic carbocycles. The lowest BCUT2D eigenvalue weighted by molar-refractivity contribution is 0.444. The van der Waals surface area contributed by atoms with Crippen molar-refractivity contribution in [1.29, 1.82) is 0 Å². The molecule has 0 aliphatic heterocycles. The molecule has 2 heterocycles. The fraction of sp³-hybridized carbons (Fsp3) is 0.308. The summed E-state index contributed by atoms with van der Waals surface area (Å²) in [4.78, 5) is 1.57. The van der Waals surface area contributed by atoms with Gasteiger partial charge in [0.1, 0.15) is 0 Å². The van der Waals surface area contributed by atoms with E-state index in [1.54, 1.807) is 9.48 Å². The van der Waals surface area contributed by atoms with Gasteiger partial charge in [-0.3, -0.25) is 4.68 Å². The van der Waals surface area contributed by atoms with Crippen LogP contribution in [0, 0.1) is 0 Å². The van der Waals surface area contributed by atoms with Crippen LogP contribution in [0.15, 0.2) is 36.5 Å². The summed E-state index contributed by atoms with van der Waals surface area (Å²) in [7, 11) is 1.88. The van der Waals surface area contributed by atoms with Crippen LogP contribution in [0.25, 0.3) is 11.4 Å². The molecule has 0 saturated heterocycles. The molecule has 1 aromatic carbocycles. The molecular weight excluding hydrogens is 268 g/mol. The molecule has 0 unspecified atom stereocenters. The van der Waals surface area contributed by atoms with Crippen LogP contribution in [-0.4, -0.2) is 42.2 Å². The summed E-state index contributed by atoms with van der Waals surface area (Å²) >= 11 is 0. The van der Waals surface area contributed by atoms with Gasteiger partial charge in [0, 0.05) is 18.3 Å². The first kappa shape index (κ1) is 13.4. The molecular formula is C13H16N8. The second kappa shape index (κ2) is 6.23. The molecule has 108 valence electrons. The maximum absolute atomic E-state index is 4.36. The second-order valence-corrected chi connectivity index (χ2v) is 4.58. The van der Waals surface area contributed by atoms with Crippen molar-refractivity contribution in [2.45, 2.75) is 19.6 Å². The number of nitrogens with zero attached hydrogens (tertiary/aromatic N) is 7. The summed E-state index contributed by atoms with van der Waals surface area (Å²) in [6, 6.07) is 9.79. The van der Waals surface area contributed by atoms with E-state index in [-0.39, 0.29) is 0 Å². The summed E-state index contributed by atoms with van der Waals surface area (Å²) in [5, 5.41) is 23.6. The molecule has 0 bridgehead atoms. The van der Waals surface area contributed by atoms with Crippen molar-refractivity contribution in [1.82, 2.24) is 40.5 Å². The van der Waals surface area contributed by atoms with Gasteiger partial charge in [0.15, 0.2) is 0 Å². The zero-order valence-electron chi connectivity index (χ0n) is 11.7. The first-order valence-corrected chi connectivity index (χ1v) is 6.72. The van der Waals surface area contributed by atoms with Crippen LogP contribution >= 0.6 is 0 Å². The SMILES string of the molecule is CNCc1cn(CCn2nnc(-c3ccccc3)n2)nn1. The standard InChI is InChI=1S/C13H16N8/c1-14-9-12-10-20(18-15-12)7-8-21-17-13(16-19-21)11-5-3-2-4-6-11/h2-6,10,14H,7-9H2,1H3. The van der Waals surface area contributed by atoms with Gasteiger partial charge < -0.3 is 5.32 Å². The van der Waals surface area contributed by atoms with Crippen molar-refractivity contribution in [3.05, 3.63) is 42.2 Å². The molecule has 0 atom stereocenters. The van der Waals surface area contributed by atoms with Crippen LogP contribution in [0.4, 0.5) is 0 Å². The third-order valence-corrected chi connectivity index (χ3v) is 2.96. The Bertz CT molecular complexity index is 687. The van der Waals surface area contributed by atoms with Crippen LogP contribution in [0.2, 0.25) is 0 Å². The highest BCUT2D eigenvalue weighted by molar-refractivity contribution is 5.52. The van der Waals surface area contributed by atoms with Gasteiger partial charge in [-0.15, -0.1) is 15.3 Å². The number of hydrogen-bond acceptors (Lipinski definition) is 6. The Morgan fingerprint density at radius 3 is 2.71 bits per heavy atom. The van der Waals surface area contributed by atoms with Crippen molar-refractivity contribution < 1.29 is 0 Å². The number of aryl methyl sites for hydroxylation is 2. The first-order chi connectivity index (χ1) is 10.3. The fourth-order valence-electron chi connectivity index (χ4n) is 1.94. The lowest BCUT2D eigenvalue weighted by Crippen LogP contribution is -2.10. The molecule has 0 saturated carbocycles. The minimum absolute atomic E-state index is 0.599. The van der Waals surface area contributed by atoms with Gasteiger partial charge in [-0.2, -0.15) is 4.80 Å². The van der Waals surface area contributed by atoms with Gasteiger partial charge in [0.25, 0.3) is 0 Å². The quantitative estimate of drug-likeness (QED) is 0.703. The van der Waals surface area contributed by atoms with Gasteiger partial charge in [0.05, 0.1) is 18.8 Å². The Morgan fingerprint density at radius 2 is 1.90 bits per heavy atom. The Labute approximate surface area is 121 Å². The average Bonchev–Trinajstić information content (AvgIpc) is 3.16. The predicted octanol–water partition coefficient (Wildman–Crippen LogP) is 0.351. The Morgan fingerprint density at radius 1 is 1.05 bits per heavy atom. The van der Waals surface area contributed by atoms with E-state index in [4.69, 9.17) is 0 Å². The molecule has 0 spiro atoms. The highest BCUT2D eigenvalue weighted by Gasteiger charge is 2.06. The number of tetrazole rings is 1. The monoisotopic (exact) mass is 284 g/mol. The van der Waals surface area contributed by atoms with Gasteiger partial charge in [-0.25, -0.2) is 0 Å². The Hall–Kier alpha value is -2.61. The zero-order chi connectivity index (χ0) is 14.5. The van der Waals surface area contributed by atoms with E-state index in [1.807, 2.05) is 43.6 Å².